The van der Waals surface area contributed by atoms with Crippen LogP contribution in [-0.4, -0.2) is 11.0 Å². The molecular formula is C14H19ClOS. The third-order valence-electron chi connectivity index (χ3n) is 2.53. The highest BCUT2D eigenvalue weighted by Gasteiger charge is 2.26. The average molecular weight is 271 g/mol. The van der Waals surface area contributed by atoms with E-state index in [0.29, 0.717) is 11.7 Å². The Morgan fingerprint density at radius 1 is 1.29 bits per heavy atom. The smallest absolute Gasteiger partial charge is 0.130 e. The van der Waals surface area contributed by atoms with Gasteiger partial charge in [-0.2, -0.15) is 0 Å². The lowest BCUT2D eigenvalue weighted by Gasteiger charge is -2.29. The van der Waals surface area contributed by atoms with Crippen LogP contribution in [0, 0.1) is 5.41 Å². The van der Waals surface area contributed by atoms with E-state index in [1.54, 1.807) is 18.7 Å². The summed E-state index contributed by atoms with van der Waals surface area (Å²) in [4.78, 5) is 12.5. The molecule has 1 aromatic rings. The van der Waals surface area contributed by atoms with Gasteiger partial charge in [-0.05, 0) is 36.6 Å². The molecule has 0 N–H and O–H groups in total. The Morgan fingerprint density at radius 2 is 1.82 bits per heavy atom. The van der Waals surface area contributed by atoms with Gasteiger partial charge >= 0.3 is 0 Å². The van der Waals surface area contributed by atoms with Crippen molar-refractivity contribution in [1.29, 1.82) is 0 Å². The third-order valence-corrected chi connectivity index (χ3v) is 4.49. The maximum Gasteiger partial charge on any atom is 0.130 e. The van der Waals surface area contributed by atoms with Crippen molar-refractivity contribution in [3.05, 3.63) is 29.3 Å². The fraction of sp³-hybridized carbons (Fsp3) is 0.500. The van der Waals surface area contributed by atoms with E-state index in [1.165, 1.54) is 0 Å². The highest BCUT2D eigenvalue weighted by Crippen LogP contribution is 2.37. The summed E-state index contributed by atoms with van der Waals surface area (Å²) in [6.45, 7) is 8.16. The fourth-order valence-electron chi connectivity index (χ4n) is 1.46. The summed E-state index contributed by atoms with van der Waals surface area (Å²) in [5, 5.41) is 1.04. The molecule has 0 aliphatic rings. The van der Waals surface area contributed by atoms with Crippen molar-refractivity contribution in [2.45, 2.75) is 44.3 Å². The van der Waals surface area contributed by atoms with Crippen LogP contribution in [0.25, 0.3) is 0 Å². The third kappa shape index (κ3) is 5.13. The molecule has 1 aromatic carbocycles. The summed E-state index contributed by atoms with van der Waals surface area (Å²) in [5.74, 6) is 0.242. The van der Waals surface area contributed by atoms with E-state index in [0.717, 1.165) is 9.92 Å². The number of hydrogen-bond donors (Lipinski definition) is 0. The van der Waals surface area contributed by atoms with Gasteiger partial charge in [0.25, 0.3) is 0 Å². The molecule has 0 heterocycles. The molecule has 1 atom stereocenters. The standard InChI is InChI=1S/C14H19ClOS/c1-10(16)9-13(14(2,3)4)17-12-7-5-11(15)6-8-12/h5-8,13H,9H2,1-4H3/t13-/m1/s1. The van der Waals surface area contributed by atoms with E-state index in [-0.39, 0.29) is 11.2 Å². The van der Waals surface area contributed by atoms with E-state index in [4.69, 9.17) is 11.6 Å². The van der Waals surface area contributed by atoms with Gasteiger partial charge < -0.3 is 0 Å². The summed E-state index contributed by atoms with van der Waals surface area (Å²) in [5.41, 5.74) is 0.107. The van der Waals surface area contributed by atoms with Gasteiger partial charge in [0, 0.05) is 21.6 Å². The molecule has 0 aliphatic heterocycles. The van der Waals surface area contributed by atoms with Crippen molar-refractivity contribution in [1.82, 2.24) is 0 Å². The average Bonchev–Trinajstić information content (AvgIpc) is 2.18. The molecule has 0 saturated carbocycles. The van der Waals surface area contributed by atoms with E-state index in [2.05, 4.69) is 20.8 Å². The van der Waals surface area contributed by atoms with Crippen molar-refractivity contribution in [3.63, 3.8) is 0 Å². The Kier molecular flexibility index (Phi) is 5.08. The molecule has 0 bridgehead atoms. The van der Waals surface area contributed by atoms with Crippen molar-refractivity contribution in [2.24, 2.45) is 5.41 Å². The zero-order valence-corrected chi connectivity index (χ0v) is 12.4. The Labute approximate surface area is 113 Å². The van der Waals surface area contributed by atoms with Crippen LogP contribution < -0.4 is 0 Å². The summed E-state index contributed by atoms with van der Waals surface area (Å²) in [6.07, 6.45) is 0.608. The molecule has 3 heteroatoms. The van der Waals surface area contributed by atoms with Crippen molar-refractivity contribution in [2.75, 3.05) is 0 Å². The molecule has 1 nitrogen and oxygen atoms in total. The van der Waals surface area contributed by atoms with Gasteiger partial charge in [0.05, 0.1) is 0 Å². The largest absolute Gasteiger partial charge is 0.300 e. The summed E-state index contributed by atoms with van der Waals surface area (Å²) < 4.78 is 0. The van der Waals surface area contributed by atoms with Gasteiger partial charge in [-0.3, -0.25) is 4.79 Å². The lowest BCUT2D eigenvalue weighted by molar-refractivity contribution is -0.117. The second-order valence-corrected chi connectivity index (χ2v) is 7.05. The Morgan fingerprint density at radius 3 is 2.24 bits per heavy atom. The minimum absolute atomic E-state index is 0.107. The van der Waals surface area contributed by atoms with Crippen LogP contribution in [0.4, 0.5) is 0 Å². The minimum atomic E-state index is 0.107. The van der Waals surface area contributed by atoms with E-state index in [1.807, 2.05) is 24.3 Å². The van der Waals surface area contributed by atoms with Crippen LogP contribution >= 0.6 is 23.4 Å². The molecule has 94 valence electrons. The number of rotatable bonds is 4. The normalized spacial score (nSPS) is 13.5. The summed E-state index contributed by atoms with van der Waals surface area (Å²) in [6, 6.07) is 7.78. The van der Waals surface area contributed by atoms with Gasteiger partial charge in [0.2, 0.25) is 0 Å². The van der Waals surface area contributed by atoms with Crippen molar-refractivity contribution in [3.8, 4) is 0 Å². The molecule has 0 unspecified atom stereocenters. The zero-order valence-electron chi connectivity index (χ0n) is 10.8. The van der Waals surface area contributed by atoms with Crippen LogP contribution in [0.5, 0.6) is 0 Å². The Bertz CT molecular complexity index is 378. The van der Waals surface area contributed by atoms with E-state index < -0.39 is 0 Å². The quantitative estimate of drug-likeness (QED) is 0.729. The van der Waals surface area contributed by atoms with E-state index >= 15 is 0 Å². The topological polar surface area (TPSA) is 17.1 Å². The van der Waals surface area contributed by atoms with Crippen molar-refractivity contribution >= 4 is 29.1 Å². The number of carbonyl (C=O) groups excluding carboxylic acids is 1. The summed E-state index contributed by atoms with van der Waals surface area (Å²) in [7, 11) is 0. The van der Waals surface area contributed by atoms with E-state index in [9.17, 15) is 4.79 Å². The van der Waals surface area contributed by atoms with Crippen molar-refractivity contribution < 1.29 is 4.79 Å². The number of Topliss-reactive ketones (excluding diaryl/α,β-unsaturated/α-hetero) is 1. The first-order valence-corrected chi connectivity index (χ1v) is 6.96. The molecule has 0 saturated heterocycles. The van der Waals surface area contributed by atoms with Gasteiger partial charge in [0.1, 0.15) is 5.78 Å². The molecule has 0 amide bonds. The second kappa shape index (κ2) is 5.92. The Hall–Kier alpha value is -0.470. The number of benzene rings is 1. The molecule has 17 heavy (non-hydrogen) atoms. The molecule has 0 aliphatic carbocycles. The molecule has 0 spiro atoms. The number of halogens is 1. The Balaban J connectivity index is 2.79. The molecule has 0 radical (unpaired) electrons. The predicted molar refractivity (Wildman–Crippen MR) is 75.9 cm³/mol. The molecule has 1 rings (SSSR count). The van der Waals surface area contributed by atoms with Crippen LogP contribution in [0.3, 0.4) is 0 Å². The lowest BCUT2D eigenvalue weighted by atomic mass is 9.89. The predicted octanol–water partition coefficient (Wildman–Crippen LogP) is 4.83. The lowest BCUT2D eigenvalue weighted by Crippen LogP contribution is -2.25. The highest BCUT2D eigenvalue weighted by molar-refractivity contribution is 8.00. The maximum absolute atomic E-state index is 11.3. The maximum atomic E-state index is 11.3. The van der Waals surface area contributed by atoms with Gasteiger partial charge in [-0.25, -0.2) is 0 Å². The first kappa shape index (κ1) is 14.6. The van der Waals surface area contributed by atoms with Crippen LogP contribution in [0.2, 0.25) is 5.02 Å². The van der Waals surface area contributed by atoms with Crippen LogP contribution in [0.15, 0.2) is 29.2 Å². The first-order chi connectivity index (χ1) is 7.79. The zero-order chi connectivity index (χ0) is 13.1. The molecule has 0 fully saturated rings. The number of ketones is 1. The first-order valence-electron chi connectivity index (χ1n) is 5.70. The number of thioether (sulfide) groups is 1. The number of carbonyl (C=O) groups is 1. The molecule has 0 aromatic heterocycles. The number of hydrogen-bond acceptors (Lipinski definition) is 2. The SMILES string of the molecule is CC(=O)C[C@@H](Sc1ccc(Cl)cc1)C(C)(C)C. The monoisotopic (exact) mass is 270 g/mol. The molecular weight excluding hydrogens is 252 g/mol. The van der Waals surface area contributed by atoms with Crippen LogP contribution in [0.1, 0.15) is 34.1 Å². The summed E-state index contributed by atoms with van der Waals surface area (Å²) >= 11 is 7.61. The van der Waals surface area contributed by atoms with Gasteiger partial charge in [-0.15, -0.1) is 11.8 Å². The second-order valence-electron chi connectivity index (χ2n) is 5.33. The van der Waals surface area contributed by atoms with Crippen LogP contribution in [-0.2, 0) is 4.79 Å². The van der Waals surface area contributed by atoms with Gasteiger partial charge in [-0.1, -0.05) is 32.4 Å². The highest BCUT2D eigenvalue weighted by atomic mass is 35.5. The fourth-order valence-corrected chi connectivity index (χ4v) is 2.88. The minimum Gasteiger partial charge on any atom is -0.300 e. The van der Waals surface area contributed by atoms with Gasteiger partial charge in [0.15, 0.2) is 0 Å².